The molecule has 1 aromatic rings. The van der Waals surface area contributed by atoms with Gasteiger partial charge in [0, 0.05) is 12.1 Å². The molecule has 1 rings (SSSR count). The van der Waals surface area contributed by atoms with E-state index in [1.54, 1.807) is 0 Å². The molecule has 5 N–H and O–H groups in total. The second-order valence-corrected chi connectivity index (χ2v) is 4.24. The second-order valence-electron chi connectivity index (χ2n) is 4.24. The van der Waals surface area contributed by atoms with E-state index in [1.807, 2.05) is 20.8 Å². The van der Waals surface area contributed by atoms with Crippen LogP contribution in [0.5, 0.6) is 0 Å². The van der Waals surface area contributed by atoms with Crippen LogP contribution in [0.4, 0.5) is 11.6 Å². The molecule has 1 heterocycles. The van der Waals surface area contributed by atoms with Gasteiger partial charge >= 0.3 is 0 Å². The molecule has 0 aliphatic rings. The molecule has 0 aliphatic heterocycles. The average Bonchev–Trinajstić information content (AvgIpc) is 2.34. The number of nitrogens with two attached hydrogens (primary N) is 1. The highest BCUT2D eigenvalue weighted by molar-refractivity contribution is 5.56. The van der Waals surface area contributed by atoms with Crippen LogP contribution in [0, 0.1) is 5.92 Å². The average molecular weight is 239 g/mol. The molecule has 0 aliphatic carbocycles. The molecule has 0 aromatic carbocycles. The maximum absolute atomic E-state index is 9.73. The lowest BCUT2D eigenvalue weighted by Gasteiger charge is -2.17. The highest BCUT2D eigenvalue weighted by atomic mass is 16.3. The molecule has 0 amide bonds. The number of nitrogens with one attached hydrogen (secondary N) is 2. The van der Waals surface area contributed by atoms with Crippen LogP contribution in [0.2, 0.25) is 0 Å². The first-order chi connectivity index (χ1) is 8.10. The summed E-state index contributed by atoms with van der Waals surface area (Å²) >= 11 is 0. The number of hydrogen-bond acceptors (Lipinski definition) is 6. The minimum atomic E-state index is -0.399. The number of aliphatic hydroxyl groups excluding tert-OH is 1. The Morgan fingerprint density at radius 1 is 1.35 bits per heavy atom. The first-order valence-electron chi connectivity index (χ1n) is 5.82. The number of aromatic nitrogens is 2. The van der Waals surface area contributed by atoms with Crippen molar-refractivity contribution >= 4 is 11.6 Å². The lowest BCUT2D eigenvalue weighted by Crippen LogP contribution is -2.26. The van der Waals surface area contributed by atoms with Gasteiger partial charge in [-0.3, -0.25) is 0 Å². The number of hydrazine groups is 1. The highest BCUT2D eigenvalue weighted by Gasteiger charge is 2.12. The van der Waals surface area contributed by atoms with Gasteiger partial charge in [-0.05, 0) is 12.3 Å². The molecule has 0 saturated heterocycles. The summed E-state index contributed by atoms with van der Waals surface area (Å²) in [5.74, 6) is 6.92. The zero-order valence-corrected chi connectivity index (χ0v) is 10.6. The molecule has 0 fully saturated rings. The summed E-state index contributed by atoms with van der Waals surface area (Å²) in [5.41, 5.74) is 3.47. The van der Waals surface area contributed by atoms with Crippen LogP contribution in [0.15, 0.2) is 6.33 Å². The SMILES string of the molecule is CCc1c(NN)ncnc1NCC(O)C(C)C. The monoisotopic (exact) mass is 239 g/mol. The van der Waals surface area contributed by atoms with Crippen molar-refractivity contribution in [2.75, 3.05) is 17.3 Å². The highest BCUT2D eigenvalue weighted by Crippen LogP contribution is 2.19. The molecule has 96 valence electrons. The Morgan fingerprint density at radius 3 is 2.53 bits per heavy atom. The normalized spacial score (nSPS) is 12.6. The van der Waals surface area contributed by atoms with Crippen LogP contribution >= 0.6 is 0 Å². The summed E-state index contributed by atoms with van der Waals surface area (Å²) in [5, 5.41) is 12.9. The number of rotatable bonds is 6. The van der Waals surface area contributed by atoms with E-state index in [0.29, 0.717) is 12.4 Å². The summed E-state index contributed by atoms with van der Waals surface area (Å²) in [6.45, 7) is 6.41. The molecule has 1 unspecified atom stereocenters. The molecule has 1 atom stereocenters. The number of aliphatic hydroxyl groups is 1. The van der Waals surface area contributed by atoms with E-state index in [2.05, 4.69) is 20.7 Å². The third-order valence-electron chi connectivity index (χ3n) is 2.68. The van der Waals surface area contributed by atoms with Crippen LogP contribution < -0.4 is 16.6 Å². The summed E-state index contributed by atoms with van der Waals surface area (Å²) < 4.78 is 0. The van der Waals surface area contributed by atoms with Crippen molar-refractivity contribution in [3.63, 3.8) is 0 Å². The first-order valence-corrected chi connectivity index (χ1v) is 5.82. The van der Waals surface area contributed by atoms with Gasteiger partial charge in [-0.1, -0.05) is 20.8 Å². The van der Waals surface area contributed by atoms with Crippen LogP contribution in [-0.4, -0.2) is 27.7 Å². The maximum atomic E-state index is 9.73. The Balaban J connectivity index is 2.77. The fourth-order valence-corrected chi connectivity index (χ4v) is 1.46. The first kappa shape index (κ1) is 13.7. The molecule has 6 heteroatoms. The number of hydrogen-bond donors (Lipinski definition) is 4. The van der Waals surface area contributed by atoms with Crippen molar-refractivity contribution in [2.45, 2.75) is 33.3 Å². The molecule has 0 spiro atoms. The Morgan fingerprint density at radius 2 is 2.00 bits per heavy atom. The van der Waals surface area contributed by atoms with Crippen LogP contribution in [0.1, 0.15) is 26.3 Å². The van der Waals surface area contributed by atoms with E-state index in [4.69, 9.17) is 5.84 Å². The molecule has 17 heavy (non-hydrogen) atoms. The molecule has 6 nitrogen and oxygen atoms in total. The summed E-state index contributed by atoms with van der Waals surface area (Å²) in [6.07, 6.45) is 1.81. The standard InChI is InChI=1S/C11H21N5O/c1-4-8-10(13-5-9(17)7(2)3)14-6-15-11(8)16-12/h6-7,9,17H,4-5,12H2,1-3H3,(H2,13,14,15,16). The van der Waals surface area contributed by atoms with Gasteiger partial charge in [-0.25, -0.2) is 15.8 Å². The Labute approximate surface area is 102 Å². The van der Waals surface area contributed by atoms with E-state index in [0.717, 1.165) is 17.8 Å². The van der Waals surface area contributed by atoms with Gasteiger partial charge in [0.25, 0.3) is 0 Å². The van der Waals surface area contributed by atoms with Gasteiger partial charge in [-0.15, -0.1) is 0 Å². The third kappa shape index (κ3) is 3.54. The Bertz CT molecular complexity index is 356. The molecule has 0 saturated carbocycles. The summed E-state index contributed by atoms with van der Waals surface area (Å²) in [4.78, 5) is 8.20. The quantitative estimate of drug-likeness (QED) is 0.432. The number of nitrogen functional groups attached to an aromatic ring is 1. The fraction of sp³-hybridized carbons (Fsp3) is 0.636. The van der Waals surface area contributed by atoms with Crippen molar-refractivity contribution in [3.8, 4) is 0 Å². The van der Waals surface area contributed by atoms with Crippen molar-refractivity contribution in [2.24, 2.45) is 11.8 Å². The maximum Gasteiger partial charge on any atom is 0.148 e. The largest absolute Gasteiger partial charge is 0.391 e. The van der Waals surface area contributed by atoms with Crippen LogP contribution in [-0.2, 0) is 6.42 Å². The summed E-state index contributed by atoms with van der Waals surface area (Å²) in [7, 11) is 0. The van der Waals surface area contributed by atoms with Crippen molar-refractivity contribution in [1.29, 1.82) is 0 Å². The van der Waals surface area contributed by atoms with Gasteiger partial charge in [0.05, 0.1) is 6.10 Å². The van der Waals surface area contributed by atoms with Gasteiger partial charge < -0.3 is 15.8 Å². The van der Waals surface area contributed by atoms with Crippen molar-refractivity contribution < 1.29 is 5.11 Å². The van der Waals surface area contributed by atoms with Gasteiger partial charge in [0.2, 0.25) is 0 Å². The van der Waals surface area contributed by atoms with E-state index in [9.17, 15) is 5.11 Å². The van der Waals surface area contributed by atoms with Crippen molar-refractivity contribution in [3.05, 3.63) is 11.9 Å². The molecular weight excluding hydrogens is 218 g/mol. The predicted molar refractivity (Wildman–Crippen MR) is 68.6 cm³/mol. The molecular formula is C11H21N5O. The number of anilines is 2. The van der Waals surface area contributed by atoms with Gasteiger partial charge in [0.15, 0.2) is 0 Å². The van der Waals surface area contributed by atoms with E-state index in [-0.39, 0.29) is 5.92 Å². The lowest BCUT2D eigenvalue weighted by molar-refractivity contribution is 0.138. The molecule has 1 aromatic heterocycles. The Hall–Kier alpha value is -1.40. The number of nitrogens with zero attached hydrogens (tertiary/aromatic N) is 2. The smallest absolute Gasteiger partial charge is 0.148 e. The van der Waals surface area contributed by atoms with E-state index < -0.39 is 6.10 Å². The van der Waals surface area contributed by atoms with E-state index >= 15 is 0 Å². The third-order valence-corrected chi connectivity index (χ3v) is 2.68. The topological polar surface area (TPSA) is 96.1 Å². The minimum Gasteiger partial charge on any atom is -0.391 e. The molecule has 0 radical (unpaired) electrons. The summed E-state index contributed by atoms with van der Waals surface area (Å²) in [6, 6.07) is 0. The zero-order valence-electron chi connectivity index (χ0n) is 10.6. The Kier molecular flexibility index (Phi) is 5.11. The zero-order chi connectivity index (χ0) is 12.8. The fourth-order valence-electron chi connectivity index (χ4n) is 1.46. The van der Waals surface area contributed by atoms with E-state index in [1.165, 1.54) is 6.33 Å². The second kappa shape index (κ2) is 6.36. The van der Waals surface area contributed by atoms with Gasteiger partial charge in [-0.2, -0.15) is 0 Å². The van der Waals surface area contributed by atoms with Gasteiger partial charge in [0.1, 0.15) is 18.0 Å². The molecule has 0 bridgehead atoms. The predicted octanol–water partition coefficient (Wildman–Crippen LogP) is 0.753. The minimum absolute atomic E-state index is 0.210. The van der Waals surface area contributed by atoms with Crippen molar-refractivity contribution in [1.82, 2.24) is 9.97 Å². The van der Waals surface area contributed by atoms with Crippen LogP contribution in [0.3, 0.4) is 0 Å². The lowest BCUT2D eigenvalue weighted by atomic mass is 10.1. The van der Waals surface area contributed by atoms with Crippen LogP contribution in [0.25, 0.3) is 0 Å².